The second-order valence-electron chi connectivity index (χ2n) is 9.05. The minimum Gasteiger partial charge on any atom is -0.393 e. The van der Waals surface area contributed by atoms with Crippen molar-refractivity contribution in [2.75, 3.05) is 13.6 Å². The van der Waals surface area contributed by atoms with Crippen molar-refractivity contribution in [2.45, 2.75) is 24.9 Å². The topological polar surface area (TPSA) is 123 Å². The molecule has 8 nitrogen and oxygen atoms in total. The van der Waals surface area contributed by atoms with Crippen LogP contribution < -0.4 is 21.3 Å². The molecule has 1 fully saturated rings. The maximum Gasteiger partial charge on any atom is 0.310 e. The summed E-state index contributed by atoms with van der Waals surface area (Å²) >= 11 is 0. The van der Waals surface area contributed by atoms with Crippen molar-refractivity contribution in [3.8, 4) is 6.07 Å². The monoisotopic (exact) mass is 507 g/mol. The van der Waals surface area contributed by atoms with Crippen LogP contribution in [0, 0.1) is 11.3 Å². The largest absolute Gasteiger partial charge is 0.393 e. The Kier molecular flexibility index (Phi) is 7.88. The molecule has 4 rings (SSSR count). The zero-order valence-electron chi connectivity index (χ0n) is 21.1. The Bertz CT molecular complexity index is 1480. The fourth-order valence-corrected chi connectivity index (χ4v) is 4.51. The molecule has 0 aliphatic heterocycles. The zero-order chi connectivity index (χ0) is 27.1. The molecule has 4 N–H and O–H groups in total. The van der Waals surface area contributed by atoms with Gasteiger partial charge < -0.3 is 21.3 Å². The highest BCUT2D eigenvalue weighted by Crippen LogP contribution is 2.49. The molecule has 3 aromatic carbocycles. The van der Waals surface area contributed by atoms with Crippen LogP contribution >= 0.6 is 0 Å². The number of rotatable bonds is 9. The number of allylic oxidation sites excluding steroid dienone is 2. The minimum absolute atomic E-state index is 0.00861. The molecule has 0 unspecified atom stereocenters. The van der Waals surface area contributed by atoms with E-state index in [1.807, 2.05) is 25.4 Å². The summed E-state index contributed by atoms with van der Waals surface area (Å²) in [6.07, 6.45) is 5.28. The first kappa shape index (κ1) is 26.2. The van der Waals surface area contributed by atoms with Gasteiger partial charge in [-0.05, 0) is 64.1 Å². The van der Waals surface area contributed by atoms with Gasteiger partial charge in [0.15, 0.2) is 0 Å². The van der Waals surface area contributed by atoms with Crippen LogP contribution in [0.3, 0.4) is 0 Å². The second-order valence-corrected chi connectivity index (χ2v) is 9.05. The molecule has 0 bridgehead atoms. The van der Waals surface area contributed by atoms with E-state index in [4.69, 9.17) is 5.26 Å². The van der Waals surface area contributed by atoms with E-state index in [2.05, 4.69) is 52.1 Å². The lowest BCUT2D eigenvalue weighted by Gasteiger charge is -2.22. The van der Waals surface area contributed by atoms with E-state index in [1.54, 1.807) is 36.4 Å². The van der Waals surface area contributed by atoms with Crippen molar-refractivity contribution in [3.05, 3.63) is 102 Å². The molecule has 192 valence electrons. The molecule has 0 aromatic heterocycles. The van der Waals surface area contributed by atoms with Crippen LogP contribution in [0.2, 0.25) is 0 Å². The molecule has 1 saturated carbocycles. The Morgan fingerprint density at radius 2 is 1.74 bits per heavy atom. The highest BCUT2D eigenvalue weighted by molar-refractivity contribution is 6.35. The van der Waals surface area contributed by atoms with Crippen LogP contribution in [-0.4, -0.2) is 31.3 Å². The molecule has 0 atom stereocenters. The van der Waals surface area contributed by atoms with Crippen LogP contribution in [0.15, 0.2) is 79.5 Å². The molecule has 0 saturated heterocycles. The molecule has 1 aliphatic rings. The highest BCUT2D eigenvalue weighted by atomic mass is 16.2. The van der Waals surface area contributed by atoms with Crippen LogP contribution in [0.25, 0.3) is 16.3 Å². The number of benzene rings is 3. The number of fused-ring (bicyclic) bond motifs is 1. The lowest BCUT2D eigenvalue weighted by atomic mass is 9.91. The number of amides is 3. The van der Waals surface area contributed by atoms with Gasteiger partial charge in [0.05, 0.1) is 11.6 Å². The third-order valence-electron chi connectivity index (χ3n) is 6.57. The summed E-state index contributed by atoms with van der Waals surface area (Å²) in [5, 5.41) is 21.7. The van der Waals surface area contributed by atoms with E-state index in [0.29, 0.717) is 11.1 Å². The highest BCUT2D eigenvalue weighted by Gasteiger charge is 2.47. The molecule has 0 spiro atoms. The standard InChI is InChI=1S/C30H29N5O3/c1-3-20(18-32-2)23-16-21-8-4-6-10-24(21)26(17-23)30(12-13-30)35-27(36)25-11-7-5-9-22(25)19-34-29(38)28(37)33-15-14-31/h3-11,16-18,32H,1,12-13,15,19H2,2H3,(H,33,37)(H,34,38)(H,35,36)/b20-18+. The van der Waals surface area contributed by atoms with E-state index >= 15 is 0 Å². The first-order valence-corrected chi connectivity index (χ1v) is 12.3. The van der Waals surface area contributed by atoms with Gasteiger partial charge >= 0.3 is 11.8 Å². The quantitative estimate of drug-likeness (QED) is 0.201. The average molecular weight is 508 g/mol. The predicted molar refractivity (Wildman–Crippen MR) is 146 cm³/mol. The summed E-state index contributed by atoms with van der Waals surface area (Å²) in [6.45, 7) is 3.68. The fourth-order valence-electron chi connectivity index (χ4n) is 4.51. The van der Waals surface area contributed by atoms with Gasteiger partial charge in [-0.25, -0.2) is 0 Å². The maximum atomic E-state index is 13.6. The van der Waals surface area contributed by atoms with Crippen molar-refractivity contribution in [1.29, 1.82) is 5.26 Å². The molecule has 1 aliphatic carbocycles. The summed E-state index contributed by atoms with van der Waals surface area (Å²) in [6, 6.07) is 21.1. The molecule has 0 radical (unpaired) electrons. The van der Waals surface area contributed by atoms with Gasteiger partial charge in [-0.1, -0.05) is 55.1 Å². The third kappa shape index (κ3) is 5.57. The Labute approximate surface area is 221 Å². The Hall–Kier alpha value is -4.90. The van der Waals surface area contributed by atoms with Gasteiger partial charge in [-0.15, -0.1) is 0 Å². The van der Waals surface area contributed by atoms with Crippen molar-refractivity contribution in [1.82, 2.24) is 21.3 Å². The molecule has 3 aromatic rings. The number of hydrogen-bond acceptors (Lipinski definition) is 5. The van der Waals surface area contributed by atoms with E-state index in [1.165, 1.54) is 0 Å². The first-order chi connectivity index (χ1) is 18.4. The summed E-state index contributed by atoms with van der Waals surface area (Å²) in [7, 11) is 1.84. The van der Waals surface area contributed by atoms with Crippen LogP contribution in [0.1, 0.15) is 39.9 Å². The molecule has 0 heterocycles. The first-order valence-electron chi connectivity index (χ1n) is 12.3. The van der Waals surface area contributed by atoms with E-state index < -0.39 is 17.4 Å². The summed E-state index contributed by atoms with van der Waals surface area (Å²) in [5.74, 6) is -2.03. The summed E-state index contributed by atoms with van der Waals surface area (Å²) in [5.41, 5.74) is 3.46. The lowest BCUT2D eigenvalue weighted by molar-refractivity contribution is -0.139. The summed E-state index contributed by atoms with van der Waals surface area (Å²) in [4.78, 5) is 37.4. The van der Waals surface area contributed by atoms with Crippen molar-refractivity contribution >= 4 is 34.1 Å². The van der Waals surface area contributed by atoms with Crippen molar-refractivity contribution in [3.63, 3.8) is 0 Å². The van der Waals surface area contributed by atoms with Gasteiger partial charge in [0, 0.05) is 25.4 Å². The molecular weight excluding hydrogens is 478 g/mol. The average Bonchev–Trinajstić information content (AvgIpc) is 3.72. The van der Waals surface area contributed by atoms with Gasteiger partial charge in [0.1, 0.15) is 6.54 Å². The Morgan fingerprint density at radius 3 is 2.45 bits per heavy atom. The van der Waals surface area contributed by atoms with Gasteiger partial charge in [-0.2, -0.15) is 5.26 Å². The number of nitrogens with one attached hydrogen (secondary N) is 4. The fraction of sp³-hybridized carbons (Fsp3) is 0.200. The van der Waals surface area contributed by atoms with Crippen molar-refractivity contribution in [2.24, 2.45) is 0 Å². The summed E-state index contributed by atoms with van der Waals surface area (Å²) < 4.78 is 0. The number of nitrogens with zero attached hydrogens (tertiary/aromatic N) is 1. The van der Waals surface area contributed by atoms with Gasteiger partial charge in [0.2, 0.25) is 0 Å². The zero-order valence-corrected chi connectivity index (χ0v) is 21.1. The van der Waals surface area contributed by atoms with E-state index in [9.17, 15) is 14.4 Å². The Morgan fingerprint density at radius 1 is 1.03 bits per heavy atom. The molecular formula is C30H29N5O3. The predicted octanol–water partition coefficient (Wildman–Crippen LogP) is 3.26. The lowest BCUT2D eigenvalue weighted by Crippen LogP contribution is -2.40. The number of nitriles is 1. The van der Waals surface area contributed by atoms with Gasteiger partial charge in [-0.3, -0.25) is 14.4 Å². The normalized spacial score (nSPS) is 13.6. The number of carbonyl (C=O) groups excluding carboxylic acids is 3. The maximum absolute atomic E-state index is 13.6. The minimum atomic E-state index is -0.900. The van der Waals surface area contributed by atoms with Gasteiger partial charge in [0.25, 0.3) is 5.91 Å². The molecule has 8 heteroatoms. The second kappa shape index (κ2) is 11.4. The molecule has 3 amide bonds. The van der Waals surface area contributed by atoms with E-state index in [-0.39, 0.29) is 19.0 Å². The third-order valence-corrected chi connectivity index (χ3v) is 6.57. The van der Waals surface area contributed by atoms with Crippen molar-refractivity contribution < 1.29 is 14.4 Å². The smallest absolute Gasteiger partial charge is 0.310 e. The number of hydrogen-bond donors (Lipinski definition) is 4. The van der Waals surface area contributed by atoms with Crippen LogP contribution in [0.4, 0.5) is 0 Å². The van der Waals surface area contributed by atoms with Crippen LogP contribution in [0.5, 0.6) is 0 Å². The van der Waals surface area contributed by atoms with Crippen LogP contribution in [-0.2, 0) is 21.7 Å². The molecule has 38 heavy (non-hydrogen) atoms. The van der Waals surface area contributed by atoms with E-state index in [0.717, 1.165) is 40.3 Å². The number of carbonyl (C=O) groups is 3. The Balaban J connectivity index is 1.61. The SMILES string of the molecule is C=C/C(=C\NC)c1cc(C2(NC(=O)c3ccccc3CNC(=O)C(=O)NCC#N)CC2)c2ccccc2c1.